The number of hydrogen-bond donors (Lipinski definition) is 1. The van der Waals surface area contributed by atoms with Gasteiger partial charge in [-0.25, -0.2) is 4.98 Å². The van der Waals surface area contributed by atoms with E-state index in [1.54, 1.807) is 35.5 Å². The average Bonchev–Trinajstić information content (AvgIpc) is 3.30. The second kappa shape index (κ2) is 7.23. The van der Waals surface area contributed by atoms with Crippen LogP contribution in [0.4, 0.5) is 5.69 Å². The number of nitrogens with zero attached hydrogens (tertiary/aromatic N) is 5. The number of amides is 2. The summed E-state index contributed by atoms with van der Waals surface area (Å²) in [5.74, 6) is 0.187. The number of hydrogen-bond acceptors (Lipinski definition) is 7. The van der Waals surface area contributed by atoms with Crippen molar-refractivity contribution in [3.63, 3.8) is 0 Å². The SMILES string of the molecule is COc1cc(-c2ccc3c(n2)CN(c2cnn(CC(N)=O)c2)C3=O)cnc1OC. The van der Waals surface area contributed by atoms with Gasteiger partial charge in [0.05, 0.1) is 49.6 Å². The maximum absolute atomic E-state index is 12.8. The Bertz CT molecular complexity index is 1110. The van der Waals surface area contributed by atoms with Crippen molar-refractivity contribution >= 4 is 17.5 Å². The standard InChI is InChI=1S/C19H18N6O4/c1-28-16-5-11(6-21-18(16)29-2)14-4-3-13-15(23-14)9-25(19(13)27)12-7-22-24(8-12)10-17(20)26/h3-8H,9-10H2,1-2H3,(H2,20,26). The van der Waals surface area contributed by atoms with Crippen molar-refractivity contribution in [2.45, 2.75) is 13.1 Å². The number of anilines is 1. The van der Waals surface area contributed by atoms with Gasteiger partial charge < -0.3 is 15.2 Å². The highest BCUT2D eigenvalue weighted by Crippen LogP contribution is 2.32. The van der Waals surface area contributed by atoms with E-state index in [1.807, 2.05) is 0 Å². The van der Waals surface area contributed by atoms with E-state index in [9.17, 15) is 9.59 Å². The summed E-state index contributed by atoms with van der Waals surface area (Å²) in [4.78, 5) is 34.2. The Kier molecular flexibility index (Phi) is 4.59. The molecule has 4 rings (SSSR count). The third-order valence-corrected chi connectivity index (χ3v) is 4.53. The second-order valence-corrected chi connectivity index (χ2v) is 6.38. The summed E-state index contributed by atoms with van der Waals surface area (Å²) in [6.45, 7) is 0.245. The van der Waals surface area contributed by atoms with Gasteiger partial charge in [-0.2, -0.15) is 5.10 Å². The van der Waals surface area contributed by atoms with Crippen LogP contribution in [-0.2, 0) is 17.9 Å². The predicted molar refractivity (Wildman–Crippen MR) is 103 cm³/mol. The highest BCUT2D eigenvalue weighted by molar-refractivity contribution is 6.09. The molecule has 0 aliphatic carbocycles. The topological polar surface area (TPSA) is 125 Å². The first-order chi connectivity index (χ1) is 14.0. The van der Waals surface area contributed by atoms with Gasteiger partial charge in [0, 0.05) is 18.0 Å². The van der Waals surface area contributed by atoms with Gasteiger partial charge in [0.25, 0.3) is 11.8 Å². The number of methoxy groups -OCH3 is 2. The summed E-state index contributed by atoms with van der Waals surface area (Å²) < 4.78 is 11.8. The molecule has 10 nitrogen and oxygen atoms in total. The molecule has 148 valence electrons. The fourth-order valence-electron chi connectivity index (χ4n) is 3.16. The van der Waals surface area contributed by atoms with Crippen molar-refractivity contribution in [2.75, 3.05) is 19.1 Å². The number of carbonyl (C=O) groups excluding carboxylic acids is 2. The molecule has 10 heteroatoms. The first kappa shape index (κ1) is 18.4. The summed E-state index contributed by atoms with van der Waals surface area (Å²) in [6.07, 6.45) is 4.76. The third kappa shape index (κ3) is 3.35. The minimum absolute atomic E-state index is 0.0519. The zero-order chi connectivity index (χ0) is 20.5. The van der Waals surface area contributed by atoms with Gasteiger partial charge in [-0.1, -0.05) is 0 Å². The molecule has 0 fully saturated rings. The van der Waals surface area contributed by atoms with E-state index >= 15 is 0 Å². The molecule has 0 unspecified atom stereocenters. The molecule has 2 amide bonds. The zero-order valence-corrected chi connectivity index (χ0v) is 15.8. The maximum Gasteiger partial charge on any atom is 0.260 e. The Balaban J connectivity index is 1.62. The van der Waals surface area contributed by atoms with Crippen LogP contribution in [0.5, 0.6) is 11.6 Å². The highest BCUT2D eigenvalue weighted by atomic mass is 16.5. The van der Waals surface area contributed by atoms with Crippen molar-refractivity contribution in [3.8, 4) is 22.9 Å². The van der Waals surface area contributed by atoms with Gasteiger partial charge in [-0.3, -0.25) is 24.2 Å². The monoisotopic (exact) mass is 394 g/mol. The van der Waals surface area contributed by atoms with E-state index in [2.05, 4.69) is 15.1 Å². The number of rotatable bonds is 6. The summed E-state index contributed by atoms with van der Waals surface area (Å²) in [5, 5.41) is 4.07. The van der Waals surface area contributed by atoms with E-state index < -0.39 is 5.91 Å². The zero-order valence-electron chi connectivity index (χ0n) is 15.8. The van der Waals surface area contributed by atoms with E-state index in [4.69, 9.17) is 15.2 Å². The van der Waals surface area contributed by atoms with Gasteiger partial charge in [-0.05, 0) is 18.2 Å². The lowest BCUT2D eigenvalue weighted by Gasteiger charge is -2.11. The van der Waals surface area contributed by atoms with Crippen LogP contribution in [0.15, 0.2) is 36.8 Å². The van der Waals surface area contributed by atoms with E-state index in [-0.39, 0.29) is 12.5 Å². The third-order valence-electron chi connectivity index (χ3n) is 4.53. The van der Waals surface area contributed by atoms with Crippen molar-refractivity contribution < 1.29 is 19.1 Å². The fourth-order valence-corrected chi connectivity index (χ4v) is 3.16. The molecule has 29 heavy (non-hydrogen) atoms. The Labute approximate surface area is 165 Å². The predicted octanol–water partition coefficient (Wildman–Crippen LogP) is 1.00. The van der Waals surface area contributed by atoms with Crippen LogP contribution >= 0.6 is 0 Å². The Morgan fingerprint density at radius 1 is 1.24 bits per heavy atom. The smallest absolute Gasteiger partial charge is 0.260 e. The second-order valence-electron chi connectivity index (χ2n) is 6.38. The lowest BCUT2D eigenvalue weighted by Crippen LogP contribution is -2.22. The Hall–Kier alpha value is -3.95. The molecule has 0 spiro atoms. The number of primary amides is 1. The highest BCUT2D eigenvalue weighted by Gasteiger charge is 2.31. The van der Waals surface area contributed by atoms with Crippen LogP contribution in [0.2, 0.25) is 0 Å². The van der Waals surface area contributed by atoms with Crippen LogP contribution in [-0.4, -0.2) is 45.8 Å². The Morgan fingerprint density at radius 3 is 2.79 bits per heavy atom. The molecule has 0 saturated heterocycles. The lowest BCUT2D eigenvalue weighted by molar-refractivity contribution is -0.118. The van der Waals surface area contributed by atoms with E-state index in [1.165, 1.54) is 25.1 Å². The Morgan fingerprint density at radius 2 is 2.07 bits per heavy atom. The summed E-state index contributed by atoms with van der Waals surface area (Å²) in [5.41, 5.74) is 8.32. The first-order valence-corrected chi connectivity index (χ1v) is 8.71. The van der Waals surface area contributed by atoms with Gasteiger partial charge >= 0.3 is 0 Å². The van der Waals surface area contributed by atoms with Crippen LogP contribution < -0.4 is 20.1 Å². The van der Waals surface area contributed by atoms with Crippen LogP contribution in [0, 0.1) is 0 Å². The van der Waals surface area contributed by atoms with Crippen molar-refractivity contribution in [2.24, 2.45) is 5.73 Å². The van der Waals surface area contributed by atoms with Crippen molar-refractivity contribution in [1.82, 2.24) is 19.7 Å². The molecule has 0 radical (unpaired) electrons. The molecule has 0 aromatic carbocycles. The molecule has 0 bridgehead atoms. The molecule has 0 saturated carbocycles. The minimum atomic E-state index is -0.509. The number of ether oxygens (including phenoxy) is 2. The van der Waals surface area contributed by atoms with Gasteiger partial charge in [-0.15, -0.1) is 0 Å². The average molecular weight is 394 g/mol. The van der Waals surface area contributed by atoms with Crippen molar-refractivity contribution in [1.29, 1.82) is 0 Å². The summed E-state index contributed by atoms with van der Waals surface area (Å²) >= 11 is 0. The molecule has 2 N–H and O–H groups in total. The molecule has 0 atom stereocenters. The number of carbonyl (C=O) groups is 2. The molecule has 3 aromatic heterocycles. The molecule has 1 aliphatic heterocycles. The van der Waals surface area contributed by atoms with E-state index in [0.717, 1.165) is 5.56 Å². The van der Waals surface area contributed by atoms with Crippen LogP contribution in [0.1, 0.15) is 16.1 Å². The van der Waals surface area contributed by atoms with Gasteiger partial charge in [0.1, 0.15) is 6.54 Å². The number of pyridine rings is 2. The molecule has 3 aromatic rings. The molecule has 4 heterocycles. The number of fused-ring (bicyclic) bond motifs is 1. The fraction of sp³-hybridized carbons (Fsp3) is 0.211. The number of nitrogens with two attached hydrogens (primary N) is 1. The number of aromatic nitrogens is 4. The van der Waals surface area contributed by atoms with Crippen molar-refractivity contribution in [3.05, 3.63) is 48.0 Å². The molecular formula is C19H18N6O4. The normalized spacial score (nSPS) is 12.8. The van der Waals surface area contributed by atoms with E-state index in [0.29, 0.717) is 40.8 Å². The molecular weight excluding hydrogens is 376 g/mol. The van der Waals surface area contributed by atoms with Gasteiger partial charge in [0.2, 0.25) is 5.91 Å². The quantitative estimate of drug-likeness (QED) is 0.661. The van der Waals surface area contributed by atoms with Crippen LogP contribution in [0.25, 0.3) is 11.3 Å². The summed E-state index contributed by atoms with van der Waals surface area (Å²) in [7, 11) is 3.05. The lowest BCUT2D eigenvalue weighted by atomic mass is 10.1. The molecule has 1 aliphatic rings. The first-order valence-electron chi connectivity index (χ1n) is 8.71. The van der Waals surface area contributed by atoms with Gasteiger partial charge in [0.15, 0.2) is 5.75 Å². The summed E-state index contributed by atoms with van der Waals surface area (Å²) in [6, 6.07) is 5.28. The maximum atomic E-state index is 12.8. The van der Waals surface area contributed by atoms with Crippen LogP contribution in [0.3, 0.4) is 0 Å². The minimum Gasteiger partial charge on any atom is -0.491 e. The largest absolute Gasteiger partial charge is 0.491 e.